The minimum absolute atomic E-state index is 0.192. The lowest BCUT2D eigenvalue weighted by molar-refractivity contribution is 0.263. The molecule has 4 rings (SSSR count). The first-order valence-corrected chi connectivity index (χ1v) is 11.2. The first-order chi connectivity index (χ1) is 10.8. The van der Waals surface area contributed by atoms with E-state index < -0.39 is 8.25 Å². The van der Waals surface area contributed by atoms with Crippen molar-refractivity contribution in [1.82, 2.24) is 0 Å². The zero-order valence-electron chi connectivity index (χ0n) is 11.1. The average Bonchev–Trinajstić information content (AvgIpc) is 3.08. The highest BCUT2D eigenvalue weighted by Crippen LogP contribution is 2.54. The Morgan fingerprint density at radius 3 is 1.32 bits per heavy atom. The predicted octanol–water partition coefficient (Wildman–Crippen LogP) is 5.77. The van der Waals surface area contributed by atoms with E-state index in [0.29, 0.717) is 0 Å². The topological polar surface area (TPSA) is 35.5 Å². The van der Waals surface area contributed by atoms with Gasteiger partial charge in [0.1, 0.15) is 0 Å². The Kier molecular flexibility index (Phi) is 4.83. The maximum absolute atomic E-state index is 12.1. The summed E-state index contributed by atoms with van der Waals surface area (Å²) >= 11 is 6.33. The summed E-state index contributed by atoms with van der Waals surface area (Å²) in [5.74, 6) is 0. The molecule has 2 aromatic rings. The normalized spacial score (nSPS) is 17.9. The Morgan fingerprint density at radius 1 is 0.682 bits per heavy atom. The molecule has 2 aliphatic rings. The van der Waals surface area contributed by atoms with E-state index >= 15 is 0 Å². The molecular formula is C14H11O3PS4. The van der Waals surface area contributed by atoms with Gasteiger partial charge in [-0.15, -0.1) is 0 Å². The van der Waals surface area contributed by atoms with E-state index in [1.165, 1.54) is 19.6 Å². The fourth-order valence-electron chi connectivity index (χ4n) is 2.03. The highest BCUT2D eigenvalue weighted by Gasteiger charge is 2.29. The predicted molar refractivity (Wildman–Crippen MR) is 95.1 cm³/mol. The lowest BCUT2D eigenvalue weighted by Crippen LogP contribution is -1.98. The quantitative estimate of drug-likeness (QED) is 0.617. The lowest BCUT2D eigenvalue weighted by Gasteiger charge is -2.12. The van der Waals surface area contributed by atoms with Crippen molar-refractivity contribution < 1.29 is 13.6 Å². The third-order valence-electron chi connectivity index (χ3n) is 2.98. The van der Waals surface area contributed by atoms with E-state index in [1.54, 1.807) is 47.0 Å². The molecule has 8 heteroatoms. The molecule has 22 heavy (non-hydrogen) atoms. The van der Waals surface area contributed by atoms with E-state index in [9.17, 15) is 4.57 Å². The molecule has 0 bridgehead atoms. The van der Waals surface area contributed by atoms with Crippen molar-refractivity contribution in [3.8, 4) is 0 Å². The van der Waals surface area contributed by atoms with Crippen molar-refractivity contribution in [2.75, 3.05) is 0 Å². The average molecular weight is 386 g/mol. The van der Waals surface area contributed by atoms with E-state index in [2.05, 4.69) is 0 Å². The van der Waals surface area contributed by atoms with Crippen LogP contribution < -0.4 is 0 Å². The minimum Gasteiger partial charge on any atom is -0.285 e. The van der Waals surface area contributed by atoms with E-state index in [4.69, 9.17) is 9.05 Å². The monoisotopic (exact) mass is 386 g/mol. The van der Waals surface area contributed by atoms with E-state index in [1.807, 2.05) is 48.5 Å². The van der Waals surface area contributed by atoms with Gasteiger partial charge in [0.2, 0.25) is 0 Å². The summed E-state index contributed by atoms with van der Waals surface area (Å²) in [5.41, 5.74) is 0. The largest absolute Gasteiger partial charge is 0.322 e. The maximum atomic E-state index is 12.1. The van der Waals surface area contributed by atoms with Gasteiger partial charge < -0.3 is 0 Å². The lowest BCUT2D eigenvalue weighted by atomic mass is 10.4. The molecule has 0 saturated carbocycles. The van der Waals surface area contributed by atoms with Crippen molar-refractivity contribution in [2.24, 2.45) is 0 Å². The highest BCUT2D eigenvalue weighted by atomic mass is 32.2. The maximum Gasteiger partial charge on any atom is 0.322 e. The number of hydrogen-bond donors (Lipinski definition) is 0. The Bertz CT molecular complexity index is 617. The van der Waals surface area contributed by atoms with Crippen LogP contribution in [0.1, 0.15) is 0 Å². The molecule has 2 aliphatic heterocycles. The van der Waals surface area contributed by atoms with Crippen LogP contribution in [0.15, 0.2) is 68.1 Å². The smallest absolute Gasteiger partial charge is 0.285 e. The Balaban J connectivity index is 1.32. The standard InChI is InChI=1S/C14H11O3PS4/c15-18(16-13-19-9-5-1-2-6-10(9)20-13)17-14-21-11-7-3-4-8-12(11)22-14/h1-8,13-14,18H. The highest BCUT2D eigenvalue weighted by molar-refractivity contribution is 8.20. The molecule has 2 heterocycles. The van der Waals surface area contributed by atoms with Gasteiger partial charge in [0.15, 0.2) is 9.54 Å². The first kappa shape index (κ1) is 15.5. The molecule has 0 fully saturated rings. The first-order valence-electron chi connectivity index (χ1n) is 6.50. The van der Waals surface area contributed by atoms with Crippen LogP contribution in [0.25, 0.3) is 0 Å². The summed E-state index contributed by atoms with van der Waals surface area (Å²) in [6.45, 7) is 0. The molecule has 3 nitrogen and oxygen atoms in total. The number of benzene rings is 2. The zero-order chi connectivity index (χ0) is 14.9. The molecule has 0 radical (unpaired) electrons. The molecular weight excluding hydrogens is 375 g/mol. The van der Waals surface area contributed by atoms with Crippen molar-refractivity contribution in [3.63, 3.8) is 0 Å². The minimum atomic E-state index is -2.52. The van der Waals surface area contributed by atoms with Crippen molar-refractivity contribution >= 4 is 55.3 Å². The summed E-state index contributed by atoms with van der Waals surface area (Å²) < 4.78 is 22.9. The molecule has 0 spiro atoms. The molecule has 0 atom stereocenters. The van der Waals surface area contributed by atoms with E-state index in [0.717, 1.165) is 0 Å². The molecule has 114 valence electrons. The third-order valence-corrected chi connectivity index (χ3v) is 9.52. The molecule has 0 N–H and O–H groups in total. The zero-order valence-corrected chi connectivity index (χ0v) is 15.4. The number of rotatable bonds is 4. The van der Waals surface area contributed by atoms with Crippen LogP contribution in [0.3, 0.4) is 0 Å². The Hall–Kier alpha value is -0.0100. The van der Waals surface area contributed by atoms with Crippen molar-refractivity contribution in [2.45, 2.75) is 29.1 Å². The summed E-state index contributed by atoms with van der Waals surface area (Å²) in [7, 11) is -2.52. The molecule has 0 aliphatic carbocycles. The van der Waals surface area contributed by atoms with E-state index in [-0.39, 0.29) is 9.54 Å². The van der Waals surface area contributed by atoms with Gasteiger partial charge in [-0.2, -0.15) is 0 Å². The van der Waals surface area contributed by atoms with Crippen LogP contribution in [0.4, 0.5) is 0 Å². The molecule has 0 saturated heterocycles. The van der Waals surface area contributed by atoms with Crippen LogP contribution in [-0.2, 0) is 13.6 Å². The summed E-state index contributed by atoms with van der Waals surface area (Å²) in [4.78, 5) is 4.68. The van der Waals surface area contributed by atoms with Gasteiger partial charge in [0.05, 0.1) is 0 Å². The Morgan fingerprint density at radius 2 is 1.00 bits per heavy atom. The SMILES string of the molecule is O=[PH](OC1Sc2ccccc2S1)OC1Sc2ccccc2S1. The molecule has 2 aromatic carbocycles. The van der Waals surface area contributed by atoms with Crippen LogP contribution >= 0.6 is 55.3 Å². The summed E-state index contributed by atoms with van der Waals surface area (Å²) in [6, 6.07) is 16.2. The van der Waals surface area contributed by atoms with Crippen molar-refractivity contribution in [1.29, 1.82) is 0 Å². The van der Waals surface area contributed by atoms with Gasteiger partial charge in [-0.3, -0.25) is 13.6 Å². The van der Waals surface area contributed by atoms with Gasteiger partial charge in [0.25, 0.3) is 0 Å². The second-order valence-electron chi connectivity index (χ2n) is 4.43. The number of hydrogen-bond acceptors (Lipinski definition) is 7. The number of fused-ring (bicyclic) bond motifs is 2. The second kappa shape index (κ2) is 6.85. The summed E-state index contributed by atoms with van der Waals surface area (Å²) in [5, 5.41) is 0. The second-order valence-corrected chi connectivity index (χ2v) is 10.4. The fourth-order valence-corrected chi connectivity index (χ4v) is 8.52. The Labute approximate surface area is 146 Å². The fraction of sp³-hybridized carbons (Fsp3) is 0.143. The molecule has 0 unspecified atom stereocenters. The third kappa shape index (κ3) is 3.41. The van der Waals surface area contributed by atoms with Gasteiger partial charge in [0, 0.05) is 19.6 Å². The van der Waals surface area contributed by atoms with Gasteiger partial charge in [-0.25, -0.2) is 0 Å². The van der Waals surface area contributed by atoms with Gasteiger partial charge in [-0.1, -0.05) is 71.3 Å². The van der Waals surface area contributed by atoms with Gasteiger partial charge >= 0.3 is 8.25 Å². The van der Waals surface area contributed by atoms with Gasteiger partial charge in [-0.05, 0) is 24.3 Å². The van der Waals surface area contributed by atoms with Crippen LogP contribution in [0.2, 0.25) is 0 Å². The van der Waals surface area contributed by atoms with Crippen molar-refractivity contribution in [3.05, 3.63) is 48.5 Å². The van der Waals surface area contributed by atoms with Crippen LogP contribution in [0.5, 0.6) is 0 Å². The number of thioether (sulfide) groups is 4. The molecule has 0 amide bonds. The van der Waals surface area contributed by atoms with Crippen LogP contribution in [-0.4, -0.2) is 9.54 Å². The summed E-state index contributed by atoms with van der Waals surface area (Å²) in [6.07, 6.45) is 0. The van der Waals surface area contributed by atoms with Crippen LogP contribution in [0, 0.1) is 0 Å². The molecule has 0 aromatic heterocycles.